The van der Waals surface area contributed by atoms with Crippen LogP contribution in [0.3, 0.4) is 0 Å². The van der Waals surface area contributed by atoms with Crippen molar-refractivity contribution in [2.75, 3.05) is 7.11 Å². The molecule has 0 fully saturated rings. The van der Waals surface area contributed by atoms with Gasteiger partial charge >= 0.3 is 0 Å². The summed E-state index contributed by atoms with van der Waals surface area (Å²) < 4.78 is 5.15. The zero-order valence-electron chi connectivity index (χ0n) is 11.3. The Morgan fingerprint density at radius 2 is 1.86 bits per heavy atom. The lowest BCUT2D eigenvalue weighted by Gasteiger charge is -2.06. The molecule has 0 aliphatic carbocycles. The number of nitrogens with zero attached hydrogens (tertiary/aromatic N) is 1. The molecule has 0 unspecified atom stereocenters. The molecule has 0 radical (unpaired) electrons. The average molecular weight is 341 g/mol. The lowest BCUT2D eigenvalue weighted by molar-refractivity contribution is 0.415. The zero-order chi connectivity index (χ0) is 15.2. The van der Waals surface area contributed by atoms with Crippen molar-refractivity contribution < 1.29 is 4.74 Å². The van der Waals surface area contributed by atoms with Crippen LogP contribution in [0.25, 0.3) is 0 Å². The van der Waals surface area contributed by atoms with Crippen LogP contribution in [-0.2, 0) is 5.75 Å². The van der Waals surface area contributed by atoms with Crippen LogP contribution in [-0.4, -0.2) is 12.3 Å². The van der Waals surface area contributed by atoms with Gasteiger partial charge < -0.3 is 10.5 Å². The van der Waals surface area contributed by atoms with E-state index in [-0.39, 0.29) is 0 Å². The zero-order valence-corrected chi connectivity index (χ0v) is 13.7. The summed E-state index contributed by atoms with van der Waals surface area (Å²) in [6.07, 6.45) is 0. The Labute approximate surface area is 138 Å². The third-order valence-electron chi connectivity index (χ3n) is 2.72. The van der Waals surface area contributed by atoms with Crippen molar-refractivity contribution in [2.45, 2.75) is 5.75 Å². The van der Waals surface area contributed by atoms with Gasteiger partial charge in [-0.05, 0) is 29.8 Å². The highest BCUT2D eigenvalue weighted by molar-refractivity contribution is 8.13. The number of hydrogen-bond acceptors (Lipinski definition) is 3. The SMILES string of the molecule is COc1cccc(N=C(N)SCc2c(Cl)cccc2Cl)c1. The van der Waals surface area contributed by atoms with Crippen molar-refractivity contribution in [1.82, 2.24) is 0 Å². The van der Waals surface area contributed by atoms with Gasteiger partial charge in [0.15, 0.2) is 5.17 Å². The van der Waals surface area contributed by atoms with Gasteiger partial charge in [0, 0.05) is 21.9 Å². The first-order chi connectivity index (χ1) is 10.1. The number of nitrogens with two attached hydrogens (primary N) is 1. The van der Waals surface area contributed by atoms with Gasteiger partial charge in [0.1, 0.15) is 5.75 Å². The number of methoxy groups -OCH3 is 1. The number of amidine groups is 1. The van der Waals surface area contributed by atoms with Crippen molar-refractivity contribution in [3.05, 3.63) is 58.1 Å². The van der Waals surface area contributed by atoms with Crippen LogP contribution in [0.15, 0.2) is 47.5 Å². The standard InChI is InChI=1S/C15H14Cl2N2OS/c1-20-11-5-2-4-10(8-11)19-15(18)21-9-12-13(16)6-3-7-14(12)17/h2-8H,9H2,1H3,(H2,18,19). The van der Waals surface area contributed by atoms with E-state index in [9.17, 15) is 0 Å². The number of hydrogen-bond donors (Lipinski definition) is 1. The molecule has 0 amide bonds. The summed E-state index contributed by atoms with van der Waals surface area (Å²) in [5, 5.41) is 1.70. The monoisotopic (exact) mass is 340 g/mol. The van der Waals surface area contributed by atoms with E-state index >= 15 is 0 Å². The summed E-state index contributed by atoms with van der Waals surface area (Å²) in [4.78, 5) is 4.33. The molecular formula is C15H14Cl2N2OS. The Balaban J connectivity index is 2.07. The predicted molar refractivity (Wildman–Crippen MR) is 92.0 cm³/mol. The van der Waals surface area contributed by atoms with Crippen LogP contribution >= 0.6 is 35.0 Å². The van der Waals surface area contributed by atoms with E-state index in [1.165, 1.54) is 11.8 Å². The number of aliphatic imine (C=N–C) groups is 1. The quantitative estimate of drug-likeness (QED) is 0.637. The Kier molecular flexibility index (Phi) is 5.79. The second-order valence-electron chi connectivity index (χ2n) is 4.14. The molecule has 0 heterocycles. The number of rotatable bonds is 4. The van der Waals surface area contributed by atoms with Gasteiger partial charge in [0.25, 0.3) is 0 Å². The van der Waals surface area contributed by atoms with Crippen LogP contribution < -0.4 is 10.5 Å². The van der Waals surface area contributed by atoms with Gasteiger partial charge in [-0.15, -0.1) is 0 Å². The van der Waals surface area contributed by atoms with Crippen molar-refractivity contribution in [1.29, 1.82) is 0 Å². The van der Waals surface area contributed by atoms with Gasteiger partial charge in [-0.3, -0.25) is 0 Å². The molecule has 0 bridgehead atoms. The molecule has 0 aromatic heterocycles. The maximum absolute atomic E-state index is 6.12. The molecule has 2 rings (SSSR count). The smallest absolute Gasteiger partial charge is 0.159 e. The van der Waals surface area contributed by atoms with E-state index in [4.69, 9.17) is 33.7 Å². The fraction of sp³-hybridized carbons (Fsp3) is 0.133. The Morgan fingerprint density at radius 1 is 1.19 bits per heavy atom. The van der Waals surface area contributed by atoms with Gasteiger partial charge in [-0.1, -0.05) is 47.1 Å². The fourth-order valence-electron chi connectivity index (χ4n) is 1.66. The van der Waals surface area contributed by atoms with Crippen molar-refractivity contribution >= 4 is 45.8 Å². The van der Waals surface area contributed by atoms with Gasteiger partial charge in [-0.25, -0.2) is 4.99 Å². The molecule has 0 aliphatic rings. The summed E-state index contributed by atoms with van der Waals surface area (Å²) >= 11 is 13.6. The molecule has 2 aromatic rings. The third-order valence-corrected chi connectivity index (χ3v) is 4.25. The van der Waals surface area contributed by atoms with Gasteiger partial charge in [-0.2, -0.15) is 0 Å². The number of halogens is 2. The number of thioether (sulfide) groups is 1. The second kappa shape index (κ2) is 7.59. The molecule has 0 saturated carbocycles. The van der Waals surface area contributed by atoms with Gasteiger partial charge in [0.2, 0.25) is 0 Å². The minimum Gasteiger partial charge on any atom is -0.497 e. The van der Waals surface area contributed by atoms with Crippen LogP contribution in [0.4, 0.5) is 5.69 Å². The Morgan fingerprint density at radius 3 is 2.52 bits per heavy atom. The summed E-state index contributed by atoms with van der Waals surface area (Å²) in [7, 11) is 1.61. The molecule has 2 aromatic carbocycles. The predicted octanol–water partition coefficient (Wildman–Crippen LogP) is 4.88. The summed E-state index contributed by atoms with van der Waals surface area (Å²) in [5.41, 5.74) is 7.53. The molecule has 110 valence electrons. The minimum atomic E-state index is 0.444. The van der Waals surface area contributed by atoms with Gasteiger partial charge in [0.05, 0.1) is 12.8 Å². The highest BCUT2D eigenvalue weighted by atomic mass is 35.5. The van der Waals surface area contributed by atoms with Crippen LogP contribution in [0.2, 0.25) is 10.0 Å². The van der Waals surface area contributed by atoms with E-state index < -0.39 is 0 Å². The number of benzene rings is 2. The first-order valence-electron chi connectivity index (χ1n) is 6.14. The van der Waals surface area contributed by atoms with E-state index in [1.807, 2.05) is 30.3 Å². The topological polar surface area (TPSA) is 47.6 Å². The van der Waals surface area contributed by atoms with Crippen LogP contribution in [0.1, 0.15) is 5.56 Å². The van der Waals surface area contributed by atoms with Crippen LogP contribution in [0, 0.1) is 0 Å². The fourth-order valence-corrected chi connectivity index (χ4v) is 3.12. The van der Waals surface area contributed by atoms with E-state index in [0.29, 0.717) is 21.0 Å². The molecule has 0 spiro atoms. The maximum atomic E-state index is 6.12. The van der Waals surface area contributed by atoms with E-state index in [2.05, 4.69) is 4.99 Å². The molecule has 2 N–H and O–H groups in total. The van der Waals surface area contributed by atoms with Crippen LogP contribution in [0.5, 0.6) is 5.75 Å². The Hall–Kier alpha value is -1.36. The number of ether oxygens (including phenoxy) is 1. The second-order valence-corrected chi connectivity index (χ2v) is 5.95. The first kappa shape index (κ1) is 16.0. The lowest BCUT2D eigenvalue weighted by Crippen LogP contribution is -2.06. The van der Waals surface area contributed by atoms with E-state index in [1.54, 1.807) is 19.2 Å². The molecule has 0 atom stereocenters. The first-order valence-corrected chi connectivity index (χ1v) is 7.88. The Bertz CT molecular complexity index is 642. The summed E-state index contributed by atoms with van der Waals surface area (Å²) in [6.45, 7) is 0. The van der Waals surface area contributed by atoms with Crippen molar-refractivity contribution in [3.63, 3.8) is 0 Å². The molecule has 0 saturated heterocycles. The molecule has 6 heteroatoms. The minimum absolute atomic E-state index is 0.444. The third kappa shape index (κ3) is 4.56. The largest absolute Gasteiger partial charge is 0.497 e. The molecule has 21 heavy (non-hydrogen) atoms. The molecular weight excluding hydrogens is 327 g/mol. The maximum Gasteiger partial charge on any atom is 0.159 e. The molecule has 3 nitrogen and oxygen atoms in total. The normalized spacial score (nSPS) is 11.5. The highest BCUT2D eigenvalue weighted by Crippen LogP contribution is 2.29. The van der Waals surface area contributed by atoms with Crippen molar-refractivity contribution in [2.24, 2.45) is 10.7 Å². The molecule has 0 aliphatic heterocycles. The highest BCUT2D eigenvalue weighted by Gasteiger charge is 2.06. The van der Waals surface area contributed by atoms with E-state index in [0.717, 1.165) is 17.0 Å². The van der Waals surface area contributed by atoms with Crippen molar-refractivity contribution in [3.8, 4) is 5.75 Å². The summed E-state index contributed by atoms with van der Waals surface area (Å²) in [6, 6.07) is 12.8. The average Bonchev–Trinajstić information content (AvgIpc) is 2.47. The lowest BCUT2D eigenvalue weighted by atomic mass is 10.2. The summed E-state index contributed by atoms with van der Waals surface area (Å²) in [5.74, 6) is 1.31.